The molecule has 7 heteroatoms. The second-order valence-electron chi connectivity index (χ2n) is 6.51. The van der Waals surface area contributed by atoms with Crippen LogP contribution in [0, 0.1) is 6.92 Å². The van der Waals surface area contributed by atoms with Crippen LogP contribution in [-0.4, -0.2) is 47.3 Å². The van der Waals surface area contributed by atoms with Crippen LogP contribution >= 0.6 is 0 Å². The molecule has 3 aromatic rings. The molecule has 3 rings (SSSR count). The van der Waals surface area contributed by atoms with Crippen LogP contribution in [0.4, 0.5) is 11.4 Å². The summed E-state index contributed by atoms with van der Waals surface area (Å²) < 4.78 is 0. The Balaban J connectivity index is 1.78. The zero-order valence-electron chi connectivity index (χ0n) is 15.5. The summed E-state index contributed by atoms with van der Waals surface area (Å²) in [6, 6.07) is 12.7. The van der Waals surface area contributed by atoms with Crippen molar-refractivity contribution < 1.29 is 9.59 Å². The highest BCUT2D eigenvalue weighted by molar-refractivity contribution is 6.04. The Labute approximate surface area is 157 Å². The number of nitrogens with zero attached hydrogens (tertiary/aromatic N) is 3. The molecule has 2 amide bonds. The summed E-state index contributed by atoms with van der Waals surface area (Å²) in [5.41, 5.74) is 3.73. The number of amides is 2. The van der Waals surface area contributed by atoms with Gasteiger partial charge in [0.25, 0.3) is 5.91 Å². The number of aryl methyl sites for hydroxylation is 1. The van der Waals surface area contributed by atoms with Gasteiger partial charge in [0.05, 0.1) is 23.8 Å². The van der Waals surface area contributed by atoms with Gasteiger partial charge in [-0.25, -0.2) is 4.98 Å². The monoisotopic (exact) mass is 363 g/mol. The summed E-state index contributed by atoms with van der Waals surface area (Å²) in [6.07, 6.45) is 1.45. The molecule has 0 fully saturated rings. The number of hydrogen-bond donors (Lipinski definition) is 2. The number of hydrogen-bond acceptors (Lipinski definition) is 5. The Morgan fingerprint density at radius 1 is 1.04 bits per heavy atom. The van der Waals surface area contributed by atoms with Gasteiger partial charge in [-0.3, -0.25) is 14.6 Å². The number of carbonyl (C=O) groups excluding carboxylic acids is 2. The summed E-state index contributed by atoms with van der Waals surface area (Å²) in [7, 11) is 3.65. The fraction of sp³-hybridized carbons (Fsp3) is 0.200. The van der Waals surface area contributed by atoms with E-state index < -0.39 is 0 Å². The van der Waals surface area contributed by atoms with Crippen LogP contribution in [0.3, 0.4) is 0 Å². The lowest BCUT2D eigenvalue weighted by molar-refractivity contribution is -0.116. The van der Waals surface area contributed by atoms with Crippen molar-refractivity contribution in [2.24, 2.45) is 0 Å². The van der Waals surface area contributed by atoms with Crippen molar-refractivity contribution in [2.75, 3.05) is 31.3 Å². The second-order valence-corrected chi connectivity index (χ2v) is 6.51. The first-order valence-electron chi connectivity index (χ1n) is 8.51. The number of para-hydroxylation sites is 2. The van der Waals surface area contributed by atoms with Gasteiger partial charge in [0.1, 0.15) is 5.69 Å². The SMILES string of the molecule is Cc1ccc(NC(=O)CN(C)C)cc1NC(=O)c1cnc2ccccc2n1. The molecule has 2 aromatic carbocycles. The van der Waals surface area contributed by atoms with Gasteiger partial charge in [-0.05, 0) is 50.8 Å². The molecule has 2 N–H and O–H groups in total. The minimum absolute atomic E-state index is 0.124. The smallest absolute Gasteiger partial charge is 0.275 e. The minimum Gasteiger partial charge on any atom is -0.325 e. The molecule has 1 heterocycles. The molecule has 0 saturated heterocycles. The molecule has 7 nitrogen and oxygen atoms in total. The van der Waals surface area contributed by atoms with E-state index in [1.54, 1.807) is 17.0 Å². The zero-order chi connectivity index (χ0) is 19.4. The van der Waals surface area contributed by atoms with Gasteiger partial charge >= 0.3 is 0 Å². The van der Waals surface area contributed by atoms with Gasteiger partial charge in [-0.1, -0.05) is 18.2 Å². The van der Waals surface area contributed by atoms with Gasteiger partial charge in [0.2, 0.25) is 5.91 Å². The Morgan fingerprint density at radius 2 is 1.78 bits per heavy atom. The summed E-state index contributed by atoms with van der Waals surface area (Å²) in [4.78, 5) is 34.9. The highest BCUT2D eigenvalue weighted by Gasteiger charge is 2.12. The molecule has 0 aliphatic carbocycles. The van der Waals surface area contributed by atoms with Crippen LogP contribution < -0.4 is 10.6 Å². The van der Waals surface area contributed by atoms with Gasteiger partial charge in [0, 0.05) is 11.4 Å². The van der Waals surface area contributed by atoms with Crippen molar-refractivity contribution in [1.82, 2.24) is 14.9 Å². The van der Waals surface area contributed by atoms with Crippen LogP contribution in [0.5, 0.6) is 0 Å². The number of fused-ring (bicyclic) bond motifs is 1. The number of aromatic nitrogens is 2. The Kier molecular flexibility index (Phi) is 5.42. The quantitative estimate of drug-likeness (QED) is 0.728. The third kappa shape index (κ3) is 4.65. The van der Waals surface area contributed by atoms with Crippen LogP contribution in [0.25, 0.3) is 11.0 Å². The number of rotatable bonds is 5. The number of benzene rings is 2. The molecule has 0 unspecified atom stereocenters. The molecule has 0 aliphatic heterocycles. The molecular weight excluding hydrogens is 342 g/mol. The lowest BCUT2D eigenvalue weighted by Gasteiger charge is -2.13. The number of carbonyl (C=O) groups is 2. The van der Waals surface area contributed by atoms with Gasteiger partial charge < -0.3 is 15.5 Å². The van der Waals surface area contributed by atoms with E-state index in [1.165, 1.54) is 6.20 Å². The van der Waals surface area contributed by atoms with Crippen molar-refractivity contribution in [2.45, 2.75) is 6.92 Å². The first-order valence-corrected chi connectivity index (χ1v) is 8.51. The van der Waals surface area contributed by atoms with Crippen LogP contribution in [0.1, 0.15) is 16.1 Å². The Morgan fingerprint density at radius 3 is 2.52 bits per heavy atom. The number of anilines is 2. The maximum atomic E-state index is 12.6. The maximum absolute atomic E-state index is 12.6. The zero-order valence-corrected chi connectivity index (χ0v) is 15.5. The van der Waals surface area contributed by atoms with E-state index in [1.807, 2.05) is 51.4 Å². The van der Waals surface area contributed by atoms with Crippen LogP contribution in [0.15, 0.2) is 48.7 Å². The molecule has 1 aromatic heterocycles. The van der Waals surface area contributed by atoms with E-state index in [-0.39, 0.29) is 24.1 Å². The lowest BCUT2D eigenvalue weighted by Crippen LogP contribution is -2.27. The average molecular weight is 363 g/mol. The van der Waals surface area contributed by atoms with E-state index >= 15 is 0 Å². The van der Waals surface area contributed by atoms with Gasteiger partial charge in [0.15, 0.2) is 0 Å². The van der Waals surface area contributed by atoms with Crippen LogP contribution in [0.2, 0.25) is 0 Å². The number of likely N-dealkylation sites (N-methyl/N-ethyl adjacent to an activating group) is 1. The lowest BCUT2D eigenvalue weighted by atomic mass is 10.1. The summed E-state index contributed by atoms with van der Waals surface area (Å²) in [6.45, 7) is 2.16. The fourth-order valence-corrected chi connectivity index (χ4v) is 2.58. The topological polar surface area (TPSA) is 87.2 Å². The first-order chi connectivity index (χ1) is 12.9. The predicted octanol–water partition coefficient (Wildman–Crippen LogP) is 2.69. The first kappa shape index (κ1) is 18.5. The molecule has 0 aliphatic rings. The molecule has 138 valence electrons. The third-order valence-electron chi connectivity index (χ3n) is 3.91. The van der Waals surface area contributed by atoms with Gasteiger partial charge in [-0.15, -0.1) is 0 Å². The van der Waals surface area contributed by atoms with Crippen LogP contribution in [-0.2, 0) is 4.79 Å². The van der Waals surface area contributed by atoms with Crippen molar-refractivity contribution in [3.63, 3.8) is 0 Å². The molecule has 0 bridgehead atoms. The predicted molar refractivity (Wildman–Crippen MR) is 106 cm³/mol. The summed E-state index contributed by atoms with van der Waals surface area (Å²) in [5, 5.41) is 5.66. The van der Waals surface area contributed by atoms with E-state index in [0.717, 1.165) is 11.1 Å². The molecule has 27 heavy (non-hydrogen) atoms. The van der Waals surface area contributed by atoms with E-state index in [0.29, 0.717) is 16.9 Å². The van der Waals surface area contributed by atoms with Crippen molar-refractivity contribution >= 4 is 34.2 Å². The van der Waals surface area contributed by atoms with Crippen molar-refractivity contribution in [1.29, 1.82) is 0 Å². The highest BCUT2D eigenvalue weighted by Crippen LogP contribution is 2.21. The molecule has 0 radical (unpaired) electrons. The highest BCUT2D eigenvalue weighted by atomic mass is 16.2. The summed E-state index contributed by atoms with van der Waals surface area (Å²) in [5.74, 6) is -0.477. The number of nitrogens with one attached hydrogen (secondary N) is 2. The van der Waals surface area contributed by atoms with E-state index in [9.17, 15) is 9.59 Å². The standard InChI is InChI=1S/C20H21N5O2/c1-13-8-9-14(22-19(26)12-25(2)3)10-17(13)24-20(27)18-11-21-15-6-4-5-7-16(15)23-18/h4-11H,12H2,1-3H3,(H,22,26)(H,24,27). The second kappa shape index (κ2) is 7.92. The molecule has 0 spiro atoms. The minimum atomic E-state index is -0.354. The molecule has 0 atom stereocenters. The van der Waals surface area contributed by atoms with Crippen molar-refractivity contribution in [3.05, 3.63) is 59.9 Å². The maximum Gasteiger partial charge on any atom is 0.275 e. The van der Waals surface area contributed by atoms with E-state index in [2.05, 4.69) is 20.6 Å². The fourth-order valence-electron chi connectivity index (χ4n) is 2.58. The Bertz CT molecular complexity index is 1000. The van der Waals surface area contributed by atoms with Gasteiger partial charge in [-0.2, -0.15) is 0 Å². The normalized spacial score (nSPS) is 10.8. The van der Waals surface area contributed by atoms with E-state index in [4.69, 9.17) is 0 Å². The largest absolute Gasteiger partial charge is 0.325 e. The van der Waals surface area contributed by atoms with Crippen molar-refractivity contribution in [3.8, 4) is 0 Å². The molecule has 0 saturated carbocycles. The summed E-state index contributed by atoms with van der Waals surface area (Å²) >= 11 is 0. The average Bonchev–Trinajstić information content (AvgIpc) is 2.63. The molecular formula is C20H21N5O2. The third-order valence-corrected chi connectivity index (χ3v) is 3.91. The Hall–Kier alpha value is -3.32.